The summed E-state index contributed by atoms with van der Waals surface area (Å²) >= 11 is 0. The SMILES string of the molecule is CC(=O)O.COc1ccc(C(Cc2ccccc2[N+](=O)[O-])=NO)cc1. The molecule has 2 aromatic rings. The van der Waals surface area contributed by atoms with Crippen molar-refractivity contribution in [3.05, 3.63) is 69.8 Å². The first-order valence-corrected chi connectivity index (χ1v) is 7.16. The van der Waals surface area contributed by atoms with Crippen LogP contribution in [0.15, 0.2) is 53.7 Å². The fraction of sp³-hybridized carbons (Fsp3) is 0.176. The van der Waals surface area contributed by atoms with Crippen molar-refractivity contribution in [2.75, 3.05) is 7.11 Å². The Hall–Kier alpha value is -3.42. The molecule has 2 N–H and O–H groups in total. The van der Waals surface area contributed by atoms with E-state index in [9.17, 15) is 15.3 Å². The molecule has 0 heterocycles. The topological polar surface area (TPSA) is 122 Å². The van der Waals surface area contributed by atoms with E-state index in [-0.39, 0.29) is 12.1 Å². The van der Waals surface area contributed by atoms with Crippen LogP contribution in [-0.2, 0) is 11.2 Å². The number of carboxylic acid groups (broad SMARTS) is 1. The summed E-state index contributed by atoms with van der Waals surface area (Å²) in [5.74, 6) is -0.151. The lowest BCUT2D eigenvalue weighted by molar-refractivity contribution is -0.385. The molecule has 0 fully saturated rings. The number of nitrogens with zero attached hydrogens (tertiary/aromatic N) is 2. The van der Waals surface area contributed by atoms with E-state index in [1.165, 1.54) is 6.07 Å². The van der Waals surface area contributed by atoms with Crippen LogP contribution in [0.25, 0.3) is 0 Å². The Labute approximate surface area is 144 Å². The number of oxime groups is 1. The zero-order chi connectivity index (χ0) is 18.8. The predicted molar refractivity (Wildman–Crippen MR) is 91.4 cm³/mol. The number of nitro benzene ring substituents is 1. The van der Waals surface area contributed by atoms with E-state index in [0.29, 0.717) is 22.6 Å². The number of methoxy groups -OCH3 is 1. The molecular weight excluding hydrogens is 328 g/mol. The summed E-state index contributed by atoms with van der Waals surface area (Å²) in [4.78, 5) is 19.6. The number of ether oxygens (including phenoxy) is 1. The third kappa shape index (κ3) is 6.30. The molecule has 8 heteroatoms. The molecule has 0 saturated heterocycles. The van der Waals surface area contributed by atoms with Crippen molar-refractivity contribution in [3.63, 3.8) is 0 Å². The zero-order valence-corrected chi connectivity index (χ0v) is 13.7. The highest BCUT2D eigenvalue weighted by Gasteiger charge is 2.15. The van der Waals surface area contributed by atoms with Gasteiger partial charge in [-0.3, -0.25) is 14.9 Å². The van der Waals surface area contributed by atoms with Crippen LogP contribution in [-0.4, -0.2) is 34.0 Å². The van der Waals surface area contributed by atoms with Crippen molar-refractivity contribution in [2.45, 2.75) is 13.3 Å². The van der Waals surface area contributed by atoms with Gasteiger partial charge in [0.05, 0.1) is 17.7 Å². The van der Waals surface area contributed by atoms with Crippen molar-refractivity contribution >= 4 is 17.4 Å². The predicted octanol–water partition coefficient (Wildman–Crippen LogP) is 3.12. The normalized spacial score (nSPS) is 10.4. The minimum Gasteiger partial charge on any atom is -0.497 e. The number of benzene rings is 2. The van der Waals surface area contributed by atoms with Crippen LogP contribution < -0.4 is 4.74 Å². The molecule has 0 aliphatic rings. The van der Waals surface area contributed by atoms with Gasteiger partial charge < -0.3 is 15.1 Å². The highest BCUT2D eigenvalue weighted by Crippen LogP contribution is 2.21. The molecule has 0 atom stereocenters. The van der Waals surface area contributed by atoms with E-state index in [0.717, 1.165) is 6.92 Å². The Kier molecular flexibility index (Phi) is 7.58. The Morgan fingerprint density at radius 3 is 2.24 bits per heavy atom. The lowest BCUT2D eigenvalue weighted by Gasteiger charge is -2.07. The number of carbonyl (C=O) groups is 1. The molecule has 0 amide bonds. The van der Waals surface area contributed by atoms with Crippen LogP contribution in [0.1, 0.15) is 18.1 Å². The summed E-state index contributed by atoms with van der Waals surface area (Å²) in [6.45, 7) is 1.08. The molecule has 0 aliphatic carbocycles. The summed E-state index contributed by atoms with van der Waals surface area (Å²) in [6, 6.07) is 13.3. The smallest absolute Gasteiger partial charge is 0.300 e. The van der Waals surface area contributed by atoms with Gasteiger partial charge in [0.2, 0.25) is 0 Å². The van der Waals surface area contributed by atoms with Crippen LogP contribution >= 0.6 is 0 Å². The number of nitro groups is 1. The Morgan fingerprint density at radius 2 is 1.76 bits per heavy atom. The monoisotopic (exact) mass is 346 g/mol. The van der Waals surface area contributed by atoms with E-state index in [1.54, 1.807) is 49.6 Å². The van der Waals surface area contributed by atoms with Crippen molar-refractivity contribution in [3.8, 4) is 5.75 Å². The van der Waals surface area contributed by atoms with Gasteiger partial charge in [-0.15, -0.1) is 0 Å². The van der Waals surface area contributed by atoms with Gasteiger partial charge in [-0.1, -0.05) is 23.4 Å². The molecule has 0 aliphatic heterocycles. The van der Waals surface area contributed by atoms with Crippen LogP contribution in [0, 0.1) is 10.1 Å². The Balaban J connectivity index is 0.000000705. The second-order valence-electron chi connectivity index (χ2n) is 4.86. The molecule has 0 aromatic heterocycles. The largest absolute Gasteiger partial charge is 0.497 e. The fourth-order valence-electron chi connectivity index (χ4n) is 2.00. The lowest BCUT2D eigenvalue weighted by atomic mass is 10.0. The minimum absolute atomic E-state index is 0.00663. The third-order valence-corrected chi connectivity index (χ3v) is 3.09. The lowest BCUT2D eigenvalue weighted by Crippen LogP contribution is -2.07. The first kappa shape index (κ1) is 19.6. The van der Waals surface area contributed by atoms with Gasteiger partial charge in [0.1, 0.15) is 5.75 Å². The molecular formula is C17H18N2O6. The summed E-state index contributed by atoms with van der Waals surface area (Å²) in [5, 5.41) is 30.9. The standard InChI is InChI=1S/C15H14N2O4.C2H4O2/c1-21-13-8-6-11(7-9-13)14(16-18)10-12-4-2-3-5-15(12)17(19)20;1-2(3)4/h2-9,18H,10H2,1H3;1H3,(H,3,4). The van der Waals surface area contributed by atoms with Crippen molar-refractivity contribution in [1.82, 2.24) is 0 Å². The van der Waals surface area contributed by atoms with Gasteiger partial charge in [0.15, 0.2) is 0 Å². The fourth-order valence-corrected chi connectivity index (χ4v) is 2.00. The van der Waals surface area contributed by atoms with Crippen molar-refractivity contribution < 1.29 is 24.8 Å². The average Bonchev–Trinajstić information content (AvgIpc) is 2.59. The summed E-state index contributed by atoms with van der Waals surface area (Å²) in [6.07, 6.45) is 0.167. The van der Waals surface area contributed by atoms with Gasteiger partial charge in [-0.25, -0.2) is 0 Å². The van der Waals surface area contributed by atoms with Gasteiger partial charge in [0.25, 0.3) is 11.7 Å². The van der Waals surface area contributed by atoms with Gasteiger partial charge in [-0.05, 0) is 29.8 Å². The summed E-state index contributed by atoms with van der Waals surface area (Å²) < 4.78 is 5.06. The summed E-state index contributed by atoms with van der Waals surface area (Å²) in [7, 11) is 1.56. The van der Waals surface area contributed by atoms with E-state index >= 15 is 0 Å². The van der Waals surface area contributed by atoms with Gasteiger partial charge >= 0.3 is 0 Å². The Morgan fingerprint density at radius 1 is 1.20 bits per heavy atom. The van der Waals surface area contributed by atoms with Crippen LogP contribution in [0.3, 0.4) is 0 Å². The van der Waals surface area contributed by atoms with Crippen molar-refractivity contribution in [1.29, 1.82) is 0 Å². The molecule has 0 radical (unpaired) electrons. The second-order valence-corrected chi connectivity index (χ2v) is 4.86. The van der Waals surface area contributed by atoms with Crippen molar-refractivity contribution in [2.24, 2.45) is 5.16 Å². The molecule has 25 heavy (non-hydrogen) atoms. The van der Waals surface area contributed by atoms with Crippen LogP contribution in [0.5, 0.6) is 5.75 Å². The van der Waals surface area contributed by atoms with Crippen LogP contribution in [0.2, 0.25) is 0 Å². The molecule has 0 bridgehead atoms. The highest BCUT2D eigenvalue weighted by molar-refractivity contribution is 6.02. The maximum Gasteiger partial charge on any atom is 0.300 e. The third-order valence-electron chi connectivity index (χ3n) is 3.09. The highest BCUT2D eigenvalue weighted by atomic mass is 16.6. The van der Waals surface area contributed by atoms with E-state index in [2.05, 4.69) is 5.16 Å². The first-order chi connectivity index (χ1) is 11.9. The maximum absolute atomic E-state index is 11.0. The van der Waals surface area contributed by atoms with Gasteiger partial charge in [-0.2, -0.15) is 0 Å². The number of aliphatic carboxylic acids is 1. The maximum atomic E-state index is 11.0. The van der Waals surface area contributed by atoms with Gasteiger partial charge in [0, 0.05) is 25.0 Å². The second kappa shape index (κ2) is 9.66. The number of rotatable bonds is 5. The molecule has 2 rings (SSSR count). The van der Waals surface area contributed by atoms with E-state index < -0.39 is 10.9 Å². The molecule has 0 spiro atoms. The zero-order valence-electron chi connectivity index (χ0n) is 13.7. The molecule has 2 aromatic carbocycles. The summed E-state index contributed by atoms with van der Waals surface area (Å²) in [5.41, 5.74) is 1.53. The number of carboxylic acids is 1. The van der Waals surface area contributed by atoms with E-state index in [1.807, 2.05) is 0 Å². The molecule has 0 saturated carbocycles. The number of hydrogen-bond donors (Lipinski definition) is 2. The van der Waals surface area contributed by atoms with Crippen LogP contribution in [0.4, 0.5) is 5.69 Å². The molecule has 8 nitrogen and oxygen atoms in total. The van der Waals surface area contributed by atoms with E-state index in [4.69, 9.17) is 14.6 Å². The first-order valence-electron chi connectivity index (χ1n) is 7.16. The molecule has 132 valence electrons. The molecule has 0 unspecified atom stereocenters. The number of para-hydroxylation sites is 1. The Bertz CT molecular complexity index is 752. The average molecular weight is 346 g/mol. The minimum atomic E-state index is -0.833. The quantitative estimate of drug-likeness (QED) is 0.371. The number of hydrogen-bond acceptors (Lipinski definition) is 6.